The maximum absolute atomic E-state index is 3.61. The Kier molecular flexibility index (Phi) is 10.6. The molecule has 0 aromatic rings. The van der Waals surface area contributed by atoms with Gasteiger partial charge in [-0.3, -0.25) is 0 Å². The molecule has 0 spiro atoms. The summed E-state index contributed by atoms with van der Waals surface area (Å²) in [4.78, 5) is 5.16. The Morgan fingerprint density at radius 1 is 0.640 bits per heavy atom. The zero-order valence-electron chi connectivity index (χ0n) is 18.5. The van der Waals surface area contributed by atoms with Gasteiger partial charge in [0.15, 0.2) is 0 Å². The van der Waals surface area contributed by atoms with E-state index in [0.717, 1.165) is 30.0 Å². The van der Waals surface area contributed by atoms with E-state index in [0.29, 0.717) is 6.04 Å². The van der Waals surface area contributed by atoms with Crippen LogP contribution in [-0.4, -0.2) is 60.1 Å². The Bertz CT molecular complexity index is 306. The summed E-state index contributed by atoms with van der Waals surface area (Å²) < 4.78 is 0. The monoisotopic (exact) mass is 353 g/mol. The second-order valence-electron chi connectivity index (χ2n) is 9.44. The summed E-state index contributed by atoms with van der Waals surface area (Å²) in [5.41, 5.74) is 0. The molecule has 0 saturated carbocycles. The molecule has 3 nitrogen and oxygen atoms in total. The van der Waals surface area contributed by atoms with Crippen LogP contribution in [0.15, 0.2) is 0 Å². The molecule has 0 atom stereocenters. The van der Waals surface area contributed by atoms with Gasteiger partial charge in [0.2, 0.25) is 0 Å². The van der Waals surface area contributed by atoms with Crippen LogP contribution in [0.1, 0.15) is 81.1 Å². The number of nitrogens with zero attached hydrogens (tertiary/aromatic N) is 2. The van der Waals surface area contributed by atoms with Crippen LogP contribution in [0.3, 0.4) is 0 Å². The lowest BCUT2D eigenvalue weighted by Gasteiger charge is -2.36. The largest absolute Gasteiger partial charge is 0.312 e. The first-order valence-electron chi connectivity index (χ1n) is 10.9. The number of hydrogen-bond donors (Lipinski definition) is 1. The van der Waals surface area contributed by atoms with Crippen LogP contribution in [0.4, 0.5) is 0 Å². The quantitative estimate of drug-likeness (QED) is 0.778. The summed E-state index contributed by atoms with van der Waals surface area (Å²) in [7, 11) is 0. The zero-order valence-corrected chi connectivity index (χ0v) is 18.5. The zero-order chi connectivity index (χ0) is 19.0. The van der Waals surface area contributed by atoms with E-state index in [1.807, 2.05) is 0 Å². The highest BCUT2D eigenvalue weighted by atomic mass is 15.2. The summed E-state index contributed by atoms with van der Waals surface area (Å²) in [5, 5.41) is 3.61. The fraction of sp³-hybridized carbons (Fsp3) is 1.00. The SMILES string of the molecule is CC(C)C1CCN(C(C)C)CC1.CC(C)NC1CCN(C(C)C)CC1. The van der Waals surface area contributed by atoms with Gasteiger partial charge in [-0.2, -0.15) is 0 Å². The van der Waals surface area contributed by atoms with E-state index >= 15 is 0 Å². The molecule has 0 unspecified atom stereocenters. The molecule has 0 radical (unpaired) electrons. The van der Waals surface area contributed by atoms with Gasteiger partial charge in [-0.25, -0.2) is 0 Å². The normalized spacial score (nSPS) is 22.1. The number of hydrogen-bond acceptors (Lipinski definition) is 3. The first-order valence-corrected chi connectivity index (χ1v) is 10.9. The lowest BCUT2D eigenvalue weighted by molar-refractivity contribution is 0.129. The van der Waals surface area contributed by atoms with Gasteiger partial charge >= 0.3 is 0 Å². The molecule has 0 bridgehead atoms. The van der Waals surface area contributed by atoms with Crippen molar-refractivity contribution in [3.05, 3.63) is 0 Å². The fourth-order valence-electron chi connectivity index (χ4n) is 4.16. The minimum absolute atomic E-state index is 0.635. The summed E-state index contributed by atoms with van der Waals surface area (Å²) in [5.74, 6) is 1.87. The van der Waals surface area contributed by atoms with E-state index in [9.17, 15) is 0 Å². The minimum Gasteiger partial charge on any atom is -0.312 e. The molecule has 2 saturated heterocycles. The molecule has 1 N–H and O–H groups in total. The van der Waals surface area contributed by atoms with Gasteiger partial charge in [0.1, 0.15) is 0 Å². The predicted octanol–water partition coefficient (Wildman–Crippen LogP) is 4.62. The molecule has 0 aromatic heterocycles. The highest BCUT2D eigenvalue weighted by Gasteiger charge is 2.22. The topological polar surface area (TPSA) is 18.5 Å². The fourth-order valence-corrected chi connectivity index (χ4v) is 4.16. The van der Waals surface area contributed by atoms with Crippen LogP contribution in [0.25, 0.3) is 0 Å². The van der Waals surface area contributed by atoms with Crippen molar-refractivity contribution < 1.29 is 0 Å². The molecule has 3 heteroatoms. The molecule has 0 amide bonds. The van der Waals surface area contributed by atoms with Gasteiger partial charge in [0.05, 0.1) is 0 Å². The van der Waals surface area contributed by atoms with Crippen molar-refractivity contribution in [2.45, 2.75) is 105 Å². The lowest BCUT2D eigenvalue weighted by atomic mass is 9.86. The summed E-state index contributed by atoms with van der Waals surface area (Å²) in [6, 6.07) is 2.86. The molecule has 0 aromatic carbocycles. The van der Waals surface area contributed by atoms with E-state index in [2.05, 4.69) is 70.5 Å². The molecule has 2 fully saturated rings. The Morgan fingerprint density at radius 2 is 1.04 bits per heavy atom. The average Bonchev–Trinajstić information content (AvgIpc) is 2.55. The molecule has 2 aliphatic heterocycles. The average molecular weight is 354 g/mol. The highest BCUT2D eigenvalue weighted by molar-refractivity contribution is 4.79. The number of piperidine rings is 2. The van der Waals surface area contributed by atoms with E-state index < -0.39 is 0 Å². The maximum Gasteiger partial charge on any atom is 0.00937 e. The Hall–Kier alpha value is -0.120. The van der Waals surface area contributed by atoms with Gasteiger partial charge in [-0.15, -0.1) is 0 Å². The number of rotatable bonds is 5. The summed E-state index contributed by atoms with van der Waals surface area (Å²) in [6.45, 7) is 23.5. The predicted molar refractivity (Wildman–Crippen MR) is 112 cm³/mol. The van der Waals surface area contributed by atoms with Crippen molar-refractivity contribution in [3.63, 3.8) is 0 Å². The standard InChI is InChI=1S/C11H24N2.C11H23N/c1-9(2)12-11-5-7-13(8-6-11)10(3)4;1-9(2)11-5-7-12(8-6-11)10(3)4/h9-12H,5-8H2,1-4H3;9-11H,5-8H2,1-4H3. The van der Waals surface area contributed by atoms with Crippen molar-refractivity contribution >= 4 is 0 Å². The minimum atomic E-state index is 0.635. The number of nitrogens with one attached hydrogen (secondary N) is 1. The highest BCUT2D eigenvalue weighted by Crippen LogP contribution is 2.25. The van der Waals surface area contributed by atoms with Crippen LogP contribution >= 0.6 is 0 Å². The third-order valence-corrected chi connectivity index (χ3v) is 6.08. The first kappa shape index (κ1) is 22.9. The maximum atomic E-state index is 3.61. The Morgan fingerprint density at radius 3 is 1.36 bits per heavy atom. The van der Waals surface area contributed by atoms with E-state index in [1.165, 1.54) is 51.9 Å². The van der Waals surface area contributed by atoms with Gasteiger partial charge in [-0.1, -0.05) is 27.7 Å². The lowest BCUT2D eigenvalue weighted by Crippen LogP contribution is -2.46. The van der Waals surface area contributed by atoms with E-state index in [4.69, 9.17) is 0 Å². The van der Waals surface area contributed by atoms with Crippen LogP contribution in [0.2, 0.25) is 0 Å². The molecule has 2 aliphatic rings. The van der Waals surface area contributed by atoms with Gasteiger partial charge < -0.3 is 15.1 Å². The van der Waals surface area contributed by atoms with Crippen LogP contribution in [0, 0.1) is 11.8 Å². The summed E-state index contributed by atoms with van der Waals surface area (Å²) >= 11 is 0. The molecule has 25 heavy (non-hydrogen) atoms. The summed E-state index contributed by atoms with van der Waals surface area (Å²) in [6.07, 6.45) is 5.46. The van der Waals surface area contributed by atoms with Gasteiger partial charge in [0.25, 0.3) is 0 Å². The Balaban J connectivity index is 0.000000251. The molecule has 0 aliphatic carbocycles. The van der Waals surface area contributed by atoms with Crippen molar-refractivity contribution in [2.75, 3.05) is 26.2 Å². The number of likely N-dealkylation sites (tertiary alicyclic amines) is 2. The van der Waals surface area contributed by atoms with Crippen molar-refractivity contribution in [2.24, 2.45) is 11.8 Å². The molecule has 150 valence electrons. The third kappa shape index (κ3) is 8.88. The second kappa shape index (κ2) is 11.6. The van der Waals surface area contributed by atoms with Crippen LogP contribution in [-0.2, 0) is 0 Å². The molecular weight excluding hydrogens is 306 g/mol. The first-order chi connectivity index (χ1) is 11.7. The van der Waals surface area contributed by atoms with E-state index in [1.54, 1.807) is 0 Å². The molecule has 2 rings (SSSR count). The van der Waals surface area contributed by atoms with Crippen molar-refractivity contribution in [1.82, 2.24) is 15.1 Å². The molecule has 2 heterocycles. The smallest absolute Gasteiger partial charge is 0.00937 e. The van der Waals surface area contributed by atoms with Crippen molar-refractivity contribution in [3.8, 4) is 0 Å². The van der Waals surface area contributed by atoms with Crippen LogP contribution in [0.5, 0.6) is 0 Å². The van der Waals surface area contributed by atoms with Gasteiger partial charge in [0, 0.05) is 24.2 Å². The van der Waals surface area contributed by atoms with Gasteiger partial charge in [-0.05, 0) is 91.4 Å². The van der Waals surface area contributed by atoms with E-state index in [-0.39, 0.29) is 0 Å². The van der Waals surface area contributed by atoms with Crippen molar-refractivity contribution in [1.29, 1.82) is 0 Å². The third-order valence-electron chi connectivity index (χ3n) is 6.08. The second-order valence-corrected chi connectivity index (χ2v) is 9.44. The van der Waals surface area contributed by atoms with Crippen LogP contribution < -0.4 is 5.32 Å². The molecular formula is C22H47N3. The Labute approximate surface area is 158 Å².